The van der Waals surface area contributed by atoms with Crippen LogP contribution in [0.5, 0.6) is 0 Å². The van der Waals surface area contributed by atoms with Crippen molar-refractivity contribution in [3.05, 3.63) is 33.3 Å². The molecule has 1 aliphatic rings. The molecule has 1 saturated carbocycles. The number of aliphatic hydroxyl groups is 1. The topological polar surface area (TPSA) is 75.4 Å². The van der Waals surface area contributed by atoms with Crippen molar-refractivity contribution in [1.82, 2.24) is 0 Å². The number of anilines is 1. The Labute approximate surface area is 104 Å². The van der Waals surface area contributed by atoms with Crippen molar-refractivity contribution in [2.24, 2.45) is 0 Å². The summed E-state index contributed by atoms with van der Waals surface area (Å²) in [7, 11) is 0. The lowest BCUT2D eigenvalue weighted by atomic mass is 9.77. The third kappa shape index (κ3) is 2.35. The van der Waals surface area contributed by atoms with Crippen LogP contribution in [0.15, 0.2) is 18.2 Å². The molecule has 0 aliphatic heterocycles. The van der Waals surface area contributed by atoms with Gasteiger partial charge in [0.2, 0.25) is 0 Å². The van der Waals surface area contributed by atoms with Crippen molar-refractivity contribution in [3.63, 3.8) is 0 Å². The molecule has 0 atom stereocenters. The Morgan fingerprint density at radius 3 is 2.71 bits per heavy atom. The van der Waals surface area contributed by atoms with E-state index in [-0.39, 0.29) is 12.3 Å². The molecule has 0 saturated heterocycles. The van der Waals surface area contributed by atoms with Gasteiger partial charge in [0.1, 0.15) is 5.69 Å². The van der Waals surface area contributed by atoms with E-state index in [1.165, 1.54) is 6.07 Å². The zero-order valence-electron chi connectivity index (χ0n) is 9.15. The van der Waals surface area contributed by atoms with Gasteiger partial charge in [-0.25, -0.2) is 0 Å². The van der Waals surface area contributed by atoms with Crippen LogP contribution >= 0.6 is 11.6 Å². The van der Waals surface area contributed by atoms with Gasteiger partial charge in [0.25, 0.3) is 5.69 Å². The van der Waals surface area contributed by atoms with Crippen LogP contribution in [0.1, 0.15) is 19.3 Å². The third-order valence-electron chi connectivity index (χ3n) is 3.17. The Hall–Kier alpha value is -1.33. The predicted molar refractivity (Wildman–Crippen MR) is 65.4 cm³/mol. The molecule has 1 aromatic rings. The molecule has 0 heterocycles. The largest absolute Gasteiger partial charge is 0.394 e. The second kappa shape index (κ2) is 4.50. The van der Waals surface area contributed by atoms with Crippen LogP contribution in [-0.4, -0.2) is 22.2 Å². The molecule has 6 heteroatoms. The molecule has 5 nitrogen and oxygen atoms in total. The number of hydrogen-bond donors (Lipinski definition) is 2. The van der Waals surface area contributed by atoms with Gasteiger partial charge < -0.3 is 10.4 Å². The van der Waals surface area contributed by atoms with E-state index < -0.39 is 10.5 Å². The van der Waals surface area contributed by atoms with E-state index in [0.29, 0.717) is 10.7 Å². The summed E-state index contributed by atoms with van der Waals surface area (Å²) >= 11 is 5.73. The predicted octanol–water partition coefficient (Wildman–Crippen LogP) is 2.58. The van der Waals surface area contributed by atoms with Crippen molar-refractivity contribution in [3.8, 4) is 0 Å². The van der Waals surface area contributed by atoms with Gasteiger partial charge in [0, 0.05) is 11.1 Å². The fourth-order valence-corrected chi connectivity index (χ4v) is 2.14. The smallest absolute Gasteiger partial charge is 0.293 e. The van der Waals surface area contributed by atoms with Gasteiger partial charge in [-0.05, 0) is 31.4 Å². The van der Waals surface area contributed by atoms with E-state index in [2.05, 4.69) is 5.32 Å². The highest BCUT2D eigenvalue weighted by Gasteiger charge is 2.37. The number of benzene rings is 1. The molecule has 0 radical (unpaired) electrons. The third-order valence-corrected chi connectivity index (χ3v) is 3.40. The number of nitrogens with one attached hydrogen (secondary N) is 1. The maximum Gasteiger partial charge on any atom is 0.293 e. The molecule has 0 amide bonds. The first-order valence-corrected chi connectivity index (χ1v) is 5.77. The average molecular weight is 257 g/mol. The van der Waals surface area contributed by atoms with E-state index in [1.54, 1.807) is 12.1 Å². The number of nitrogens with zero attached hydrogens (tertiary/aromatic N) is 1. The Morgan fingerprint density at radius 2 is 2.24 bits per heavy atom. The highest BCUT2D eigenvalue weighted by molar-refractivity contribution is 6.30. The summed E-state index contributed by atoms with van der Waals surface area (Å²) < 4.78 is 0. The van der Waals surface area contributed by atoms with Crippen molar-refractivity contribution < 1.29 is 10.0 Å². The monoisotopic (exact) mass is 256 g/mol. The minimum atomic E-state index is -0.474. The van der Waals surface area contributed by atoms with Gasteiger partial charge >= 0.3 is 0 Å². The zero-order valence-corrected chi connectivity index (χ0v) is 9.91. The van der Waals surface area contributed by atoms with E-state index >= 15 is 0 Å². The lowest BCUT2D eigenvalue weighted by Gasteiger charge is -2.41. The van der Waals surface area contributed by atoms with Crippen molar-refractivity contribution in [2.75, 3.05) is 11.9 Å². The first-order valence-electron chi connectivity index (χ1n) is 5.39. The lowest BCUT2D eigenvalue weighted by molar-refractivity contribution is -0.384. The number of rotatable bonds is 4. The van der Waals surface area contributed by atoms with Gasteiger partial charge in [-0.3, -0.25) is 10.1 Å². The summed E-state index contributed by atoms with van der Waals surface area (Å²) in [4.78, 5) is 10.4. The molecule has 0 aromatic heterocycles. The summed E-state index contributed by atoms with van der Waals surface area (Å²) in [5, 5.41) is 23.6. The highest BCUT2D eigenvalue weighted by atomic mass is 35.5. The van der Waals surface area contributed by atoms with E-state index in [9.17, 15) is 15.2 Å². The molecule has 1 aliphatic carbocycles. The van der Waals surface area contributed by atoms with Crippen LogP contribution in [-0.2, 0) is 0 Å². The van der Waals surface area contributed by atoms with Crippen LogP contribution in [0.4, 0.5) is 11.4 Å². The fourth-order valence-electron chi connectivity index (χ4n) is 1.97. The molecule has 0 spiro atoms. The first kappa shape index (κ1) is 12.1. The standard InChI is InChI=1S/C11H13ClN2O3/c12-8-2-3-9(10(6-8)14(16)17)13-11(7-15)4-1-5-11/h2-3,6,13,15H,1,4-5,7H2. The molecular formula is C11H13ClN2O3. The van der Waals surface area contributed by atoms with E-state index in [1.807, 2.05) is 0 Å². The van der Waals surface area contributed by atoms with Crippen LogP contribution < -0.4 is 5.32 Å². The fraction of sp³-hybridized carbons (Fsp3) is 0.455. The zero-order chi connectivity index (χ0) is 12.5. The number of nitro groups is 1. The highest BCUT2D eigenvalue weighted by Crippen LogP contribution is 2.38. The Morgan fingerprint density at radius 1 is 1.53 bits per heavy atom. The molecule has 1 fully saturated rings. The van der Waals surface area contributed by atoms with Gasteiger partial charge in [-0.2, -0.15) is 0 Å². The average Bonchev–Trinajstić information content (AvgIpc) is 2.25. The maximum absolute atomic E-state index is 10.9. The minimum Gasteiger partial charge on any atom is -0.394 e. The molecule has 2 N–H and O–H groups in total. The molecule has 17 heavy (non-hydrogen) atoms. The normalized spacial score (nSPS) is 17.3. The van der Waals surface area contributed by atoms with Crippen molar-refractivity contribution in [1.29, 1.82) is 0 Å². The van der Waals surface area contributed by atoms with Crippen LogP contribution in [0.2, 0.25) is 5.02 Å². The number of aliphatic hydroxyl groups excluding tert-OH is 1. The molecular weight excluding hydrogens is 244 g/mol. The van der Waals surface area contributed by atoms with E-state index in [4.69, 9.17) is 11.6 Å². The number of halogens is 1. The first-order chi connectivity index (χ1) is 8.06. The van der Waals surface area contributed by atoms with Crippen molar-refractivity contribution in [2.45, 2.75) is 24.8 Å². The van der Waals surface area contributed by atoms with E-state index in [0.717, 1.165) is 19.3 Å². The van der Waals surface area contributed by atoms with Gasteiger partial charge in [-0.1, -0.05) is 11.6 Å². The summed E-state index contributed by atoms with van der Waals surface area (Å²) in [5.41, 5.74) is -0.0520. The molecule has 1 aromatic carbocycles. The Balaban J connectivity index is 2.29. The van der Waals surface area contributed by atoms with Crippen molar-refractivity contribution >= 4 is 23.0 Å². The van der Waals surface area contributed by atoms with Gasteiger partial charge in [0.05, 0.1) is 17.1 Å². The van der Waals surface area contributed by atoms with Crippen LogP contribution in [0, 0.1) is 10.1 Å². The lowest BCUT2D eigenvalue weighted by Crippen LogP contribution is -2.48. The SMILES string of the molecule is O=[N+]([O-])c1cc(Cl)ccc1NC1(CO)CCC1. The summed E-state index contributed by atoms with van der Waals surface area (Å²) in [6.45, 7) is -0.0211. The number of hydrogen-bond acceptors (Lipinski definition) is 4. The second-order valence-corrected chi connectivity index (χ2v) is 4.77. The molecule has 0 bridgehead atoms. The Bertz CT molecular complexity index is 441. The Kier molecular flexibility index (Phi) is 3.22. The number of nitro benzene ring substituents is 1. The van der Waals surface area contributed by atoms with Crippen LogP contribution in [0.3, 0.4) is 0 Å². The second-order valence-electron chi connectivity index (χ2n) is 4.34. The van der Waals surface area contributed by atoms with Gasteiger partial charge in [-0.15, -0.1) is 0 Å². The molecule has 0 unspecified atom stereocenters. The summed E-state index contributed by atoms with van der Waals surface area (Å²) in [6, 6.07) is 4.49. The molecule has 92 valence electrons. The molecule has 2 rings (SSSR count). The minimum absolute atomic E-state index is 0.0211. The summed E-state index contributed by atoms with van der Waals surface area (Å²) in [5.74, 6) is 0. The maximum atomic E-state index is 10.9. The quantitative estimate of drug-likeness (QED) is 0.641. The van der Waals surface area contributed by atoms with Crippen LogP contribution in [0.25, 0.3) is 0 Å². The summed E-state index contributed by atoms with van der Waals surface area (Å²) in [6.07, 6.45) is 2.67. The van der Waals surface area contributed by atoms with Gasteiger partial charge in [0.15, 0.2) is 0 Å².